The molecule has 1 atom stereocenters. The summed E-state index contributed by atoms with van der Waals surface area (Å²) < 4.78 is 7.31. The Kier molecular flexibility index (Phi) is 6.67. The van der Waals surface area contributed by atoms with Crippen molar-refractivity contribution in [2.24, 2.45) is 7.05 Å². The van der Waals surface area contributed by atoms with Gasteiger partial charge in [0, 0.05) is 37.9 Å². The first kappa shape index (κ1) is 20.3. The van der Waals surface area contributed by atoms with E-state index in [1.807, 2.05) is 42.3 Å². The standard InChI is InChI=1S/C19H26N4O2.ClH/c1-13(2)16-11-15(21-22(16)3)19(24)23-10-9-20-12-17(23)14-7-5-6-8-18(14)25-4;/h5-8,11,13,17,20H,9-10,12H2,1-4H3;1H. The van der Waals surface area contributed by atoms with Crippen molar-refractivity contribution in [1.82, 2.24) is 20.0 Å². The fourth-order valence-corrected chi connectivity index (χ4v) is 3.44. The zero-order valence-electron chi connectivity index (χ0n) is 15.7. The monoisotopic (exact) mass is 378 g/mol. The Bertz CT molecular complexity index is 760. The van der Waals surface area contributed by atoms with Crippen LogP contribution in [0, 0.1) is 0 Å². The maximum absolute atomic E-state index is 13.2. The van der Waals surface area contributed by atoms with Crippen LogP contribution in [0.5, 0.6) is 5.75 Å². The fraction of sp³-hybridized carbons (Fsp3) is 0.474. The summed E-state index contributed by atoms with van der Waals surface area (Å²) in [5.41, 5.74) is 2.59. The molecule has 0 saturated carbocycles. The van der Waals surface area contributed by atoms with Gasteiger partial charge in [-0.25, -0.2) is 0 Å². The van der Waals surface area contributed by atoms with Crippen LogP contribution < -0.4 is 10.1 Å². The number of amides is 1. The van der Waals surface area contributed by atoms with Crippen LogP contribution in [0.4, 0.5) is 0 Å². The lowest BCUT2D eigenvalue weighted by molar-refractivity contribution is 0.0624. The predicted molar refractivity (Wildman–Crippen MR) is 104 cm³/mol. The molecule has 1 saturated heterocycles. The minimum Gasteiger partial charge on any atom is -0.496 e. The molecule has 0 spiro atoms. The molecular formula is C19H27ClN4O2. The number of benzene rings is 1. The second-order valence-corrected chi connectivity index (χ2v) is 6.69. The third-order valence-electron chi connectivity index (χ3n) is 4.73. The summed E-state index contributed by atoms with van der Waals surface area (Å²) in [7, 11) is 3.55. The zero-order valence-corrected chi connectivity index (χ0v) is 16.5. The van der Waals surface area contributed by atoms with E-state index in [0.29, 0.717) is 24.7 Å². The number of rotatable bonds is 4. The highest BCUT2D eigenvalue weighted by Crippen LogP contribution is 2.31. The van der Waals surface area contributed by atoms with Crippen molar-refractivity contribution in [2.45, 2.75) is 25.8 Å². The molecule has 26 heavy (non-hydrogen) atoms. The van der Waals surface area contributed by atoms with E-state index in [4.69, 9.17) is 4.74 Å². The Morgan fingerprint density at radius 1 is 1.35 bits per heavy atom. The zero-order chi connectivity index (χ0) is 18.0. The molecule has 0 radical (unpaired) electrons. The van der Waals surface area contributed by atoms with Crippen LogP contribution >= 0.6 is 12.4 Å². The third kappa shape index (κ3) is 3.86. The average molecular weight is 379 g/mol. The first-order valence-electron chi connectivity index (χ1n) is 8.71. The first-order valence-corrected chi connectivity index (χ1v) is 8.71. The average Bonchev–Trinajstić information content (AvgIpc) is 3.03. The Balaban J connectivity index is 0.00000243. The van der Waals surface area contributed by atoms with Gasteiger partial charge in [-0.05, 0) is 18.1 Å². The molecule has 1 aliphatic rings. The molecule has 2 aromatic rings. The molecule has 1 aliphatic heterocycles. The molecule has 7 heteroatoms. The summed E-state index contributed by atoms with van der Waals surface area (Å²) in [6.45, 7) is 6.34. The van der Waals surface area contributed by atoms with E-state index in [0.717, 1.165) is 23.6 Å². The number of carbonyl (C=O) groups excluding carboxylic acids is 1. The van der Waals surface area contributed by atoms with Crippen molar-refractivity contribution >= 4 is 18.3 Å². The molecule has 1 N–H and O–H groups in total. The number of carbonyl (C=O) groups is 1. The van der Waals surface area contributed by atoms with Crippen molar-refractivity contribution in [1.29, 1.82) is 0 Å². The molecule has 0 bridgehead atoms. The lowest BCUT2D eigenvalue weighted by atomic mass is 10.0. The van der Waals surface area contributed by atoms with Crippen molar-refractivity contribution in [3.05, 3.63) is 47.3 Å². The van der Waals surface area contributed by atoms with Crippen molar-refractivity contribution < 1.29 is 9.53 Å². The molecule has 1 fully saturated rings. The largest absolute Gasteiger partial charge is 0.496 e. The normalized spacial score (nSPS) is 17.1. The lowest BCUT2D eigenvalue weighted by Crippen LogP contribution is -2.48. The summed E-state index contributed by atoms with van der Waals surface area (Å²) in [5.74, 6) is 1.10. The summed E-state index contributed by atoms with van der Waals surface area (Å²) in [5, 5.41) is 7.83. The number of hydrogen-bond donors (Lipinski definition) is 1. The number of para-hydroxylation sites is 1. The van der Waals surface area contributed by atoms with Crippen LogP contribution in [-0.4, -0.2) is 47.3 Å². The minimum atomic E-state index is -0.0677. The number of nitrogens with zero attached hydrogens (tertiary/aromatic N) is 3. The molecule has 142 valence electrons. The molecule has 1 unspecified atom stereocenters. The van der Waals surface area contributed by atoms with Gasteiger partial charge in [0.15, 0.2) is 5.69 Å². The van der Waals surface area contributed by atoms with E-state index in [9.17, 15) is 4.79 Å². The topological polar surface area (TPSA) is 59.4 Å². The number of methoxy groups -OCH3 is 1. The fourth-order valence-electron chi connectivity index (χ4n) is 3.44. The Morgan fingerprint density at radius 2 is 2.08 bits per heavy atom. The third-order valence-corrected chi connectivity index (χ3v) is 4.73. The van der Waals surface area contributed by atoms with Crippen molar-refractivity contribution in [2.75, 3.05) is 26.7 Å². The molecule has 2 heterocycles. The van der Waals surface area contributed by atoms with E-state index in [2.05, 4.69) is 24.3 Å². The van der Waals surface area contributed by atoms with Gasteiger partial charge in [0.1, 0.15) is 5.75 Å². The number of hydrogen-bond acceptors (Lipinski definition) is 4. The second kappa shape index (κ2) is 8.56. The van der Waals surface area contributed by atoms with E-state index in [-0.39, 0.29) is 24.4 Å². The highest BCUT2D eigenvalue weighted by molar-refractivity contribution is 5.93. The molecular weight excluding hydrogens is 352 g/mol. The van der Waals surface area contributed by atoms with Gasteiger partial charge in [-0.15, -0.1) is 12.4 Å². The van der Waals surface area contributed by atoms with Crippen LogP contribution in [0.15, 0.2) is 30.3 Å². The van der Waals surface area contributed by atoms with E-state index in [1.54, 1.807) is 11.8 Å². The summed E-state index contributed by atoms with van der Waals surface area (Å²) in [6, 6.07) is 9.72. The van der Waals surface area contributed by atoms with Crippen molar-refractivity contribution in [3.8, 4) is 5.75 Å². The predicted octanol–water partition coefficient (Wildman–Crippen LogP) is 2.76. The number of nitrogens with one attached hydrogen (secondary N) is 1. The number of ether oxygens (including phenoxy) is 1. The Hall–Kier alpha value is -2.05. The maximum atomic E-state index is 13.2. The van der Waals surface area contributed by atoms with Crippen LogP contribution in [0.1, 0.15) is 47.6 Å². The van der Waals surface area contributed by atoms with Crippen LogP contribution in [0.2, 0.25) is 0 Å². The van der Waals surface area contributed by atoms with Gasteiger partial charge in [0.05, 0.1) is 13.2 Å². The maximum Gasteiger partial charge on any atom is 0.274 e. The van der Waals surface area contributed by atoms with Gasteiger partial charge >= 0.3 is 0 Å². The first-order chi connectivity index (χ1) is 12.0. The van der Waals surface area contributed by atoms with Crippen LogP contribution in [0.25, 0.3) is 0 Å². The SMILES string of the molecule is COc1ccccc1C1CNCCN1C(=O)c1cc(C(C)C)n(C)n1.Cl. The summed E-state index contributed by atoms with van der Waals surface area (Å²) in [6.07, 6.45) is 0. The van der Waals surface area contributed by atoms with Gasteiger partial charge in [0.25, 0.3) is 5.91 Å². The van der Waals surface area contributed by atoms with Crippen molar-refractivity contribution in [3.63, 3.8) is 0 Å². The molecule has 1 amide bonds. The quantitative estimate of drug-likeness (QED) is 0.888. The Labute approximate surface area is 160 Å². The Morgan fingerprint density at radius 3 is 2.73 bits per heavy atom. The smallest absolute Gasteiger partial charge is 0.274 e. The summed E-state index contributed by atoms with van der Waals surface area (Å²) >= 11 is 0. The van der Waals surface area contributed by atoms with Gasteiger partial charge < -0.3 is 15.0 Å². The number of piperazine rings is 1. The molecule has 6 nitrogen and oxygen atoms in total. The van der Waals surface area contributed by atoms with Gasteiger partial charge in [-0.1, -0.05) is 32.0 Å². The van der Waals surface area contributed by atoms with Gasteiger partial charge in [-0.3, -0.25) is 9.48 Å². The van der Waals surface area contributed by atoms with Crippen LogP contribution in [0.3, 0.4) is 0 Å². The van der Waals surface area contributed by atoms with Crippen LogP contribution in [-0.2, 0) is 7.05 Å². The second-order valence-electron chi connectivity index (χ2n) is 6.69. The van der Waals surface area contributed by atoms with Gasteiger partial charge in [-0.2, -0.15) is 5.10 Å². The molecule has 1 aromatic heterocycles. The number of aromatic nitrogens is 2. The minimum absolute atomic E-state index is 0. The summed E-state index contributed by atoms with van der Waals surface area (Å²) in [4.78, 5) is 15.1. The van der Waals surface area contributed by atoms with Gasteiger partial charge in [0.2, 0.25) is 0 Å². The highest BCUT2D eigenvalue weighted by Gasteiger charge is 2.31. The van der Waals surface area contributed by atoms with E-state index in [1.165, 1.54) is 0 Å². The lowest BCUT2D eigenvalue weighted by Gasteiger charge is -2.36. The van der Waals surface area contributed by atoms with E-state index < -0.39 is 0 Å². The van der Waals surface area contributed by atoms with E-state index >= 15 is 0 Å². The highest BCUT2D eigenvalue weighted by atomic mass is 35.5. The molecule has 3 rings (SSSR count). The number of halogens is 1. The molecule has 0 aliphatic carbocycles. The number of aryl methyl sites for hydroxylation is 1. The molecule has 1 aromatic carbocycles.